The predicted molar refractivity (Wildman–Crippen MR) is 142 cm³/mol. The summed E-state index contributed by atoms with van der Waals surface area (Å²) in [5.74, 6) is 1.94. The number of thioether (sulfide) groups is 1. The Morgan fingerprint density at radius 3 is 2.47 bits per heavy atom. The molecule has 4 rings (SSSR count). The van der Waals surface area contributed by atoms with E-state index in [9.17, 15) is 4.79 Å². The number of nitrogens with zero attached hydrogens (tertiary/aromatic N) is 1. The van der Waals surface area contributed by atoms with Gasteiger partial charge in [-0.15, -0.1) is 0 Å². The SMILES string of the molecule is COc1ccc(OCCOc2ccccc2)c(C=C2SC(=S)N(c3cccc(C)c3C)C2=O)c1. The normalized spacial score (nSPS) is 14.6. The zero-order valence-electron chi connectivity index (χ0n) is 19.2. The van der Waals surface area contributed by atoms with Crippen molar-refractivity contribution in [2.75, 3.05) is 25.2 Å². The summed E-state index contributed by atoms with van der Waals surface area (Å²) >= 11 is 6.85. The second-order valence-corrected chi connectivity index (χ2v) is 9.33. The van der Waals surface area contributed by atoms with Gasteiger partial charge in [0, 0.05) is 5.56 Å². The molecule has 0 aliphatic carbocycles. The van der Waals surface area contributed by atoms with Gasteiger partial charge in [-0.1, -0.05) is 54.3 Å². The molecule has 34 heavy (non-hydrogen) atoms. The molecule has 1 amide bonds. The summed E-state index contributed by atoms with van der Waals surface area (Å²) in [6.45, 7) is 4.77. The van der Waals surface area contributed by atoms with E-state index < -0.39 is 0 Å². The number of thiocarbonyl (C=S) groups is 1. The largest absolute Gasteiger partial charge is 0.497 e. The number of carbonyl (C=O) groups excluding carboxylic acids is 1. The van der Waals surface area contributed by atoms with Gasteiger partial charge in [0.2, 0.25) is 0 Å². The van der Waals surface area contributed by atoms with Gasteiger partial charge in [-0.05, 0) is 67.4 Å². The molecule has 3 aromatic rings. The highest BCUT2D eigenvalue weighted by molar-refractivity contribution is 8.27. The van der Waals surface area contributed by atoms with E-state index in [1.54, 1.807) is 18.1 Å². The van der Waals surface area contributed by atoms with Gasteiger partial charge in [-0.3, -0.25) is 9.69 Å². The number of carbonyl (C=O) groups is 1. The monoisotopic (exact) mass is 491 g/mol. The van der Waals surface area contributed by atoms with Gasteiger partial charge in [-0.2, -0.15) is 0 Å². The fourth-order valence-electron chi connectivity index (χ4n) is 3.52. The average molecular weight is 492 g/mol. The number of hydrogen-bond donors (Lipinski definition) is 0. The molecule has 1 aliphatic rings. The van der Waals surface area contributed by atoms with Crippen molar-refractivity contribution in [3.8, 4) is 17.2 Å². The first-order valence-electron chi connectivity index (χ1n) is 10.8. The topological polar surface area (TPSA) is 48.0 Å². The number of methoxy groups -OCH3 is 1. The van der Waals surface area contributed by atoms with Crippen molar-refractivity contribution < 1.29 is 19.0 Å². The van der Waals surface area contributed by atoms with Crippen LogP contribution in [-0.2, 0) is 4.79 Å². The smallest absolute Gasteiger partial charge is 0.270 e. The van der Waals surface area contributed by atoms with E-state index in [0.29, 0.717) is 33.9 Å². The van der Waals surface area contributed by atoms with Crippen LogP contribution in [0.2, 0.25) is 0 Å². The van der Waals surface area contributed by atoms with E-state index in [1.165, 1.54) is 11.8 Å². The Morgan fingerprint density at radius 1 is 0.941 bits per heavy atom. The molecule has 0 aromatic heterocycles. The summed E-state index contributed by atoms with van der Waals surface area (Å²) in [5, 5.41) is 0. The van der Waals surface area contributed by atoms with Crippen LogP contribution in [0.4, 0.5) is 5.69 Å². The lowest BCUT2D eigenvalue weighted by Crippen LogP contribution is -2.28. The van der Waals surface area contributed by atoms with Crippen LogP contribution in [0.5, 0.6) is 17.2 Å². The molecule has 1 heterocycles. The number of para-hydroxylation sites is 1. The molecule has 1 fully saturated rings. The summed E-state index contributed by atoms with van der Waals surface area (Å²) in [6, 6.07) is 21.0. The van der Waals surface area contributed by atoms with Gasteiger partial charge in [0.05, 0.1) is 17.7 Å². The van der Waals surface area contributed by atoms with Crippen LogP contribution in [0.15, 0.2) is 71.6 Å². The first-order chi connectivity index (χ1) is 16.5. The van der Waals surface area contributed by atoms with E-state index in [2.05, 4.69) is 0 Å². The second kappa shape index (κ2) is 10.8. The highest BCUT2D eigenvalue weighted by Crippen LogP contribution is 2.39. The minimum Gasteiger partial charge on any atom is -0.497 e. The Balaban J connectivity index is 1.54. The number of aryl methyl sites for hydroxylation is 1. The number of hydrogen-bond acceptors (Lipinski definition) is 6. The van der Waals surface area contributed by atoms with E-state index in [4.69, 9.17) is 26.4 Å². The Hall–Kier alpha value is -3.29. The lowest BCUT2D eigenvalue weighted by molar-refractivity contribution is -0.113. The van der Waals surface area contributed by atoms with Crippen molar-refractivity contribution >= 4 is 46.0 Å². The van der Waals surface area contributed by atoms with E-state index in [1.807, 2.05) is 80.6 Å². The van der Waals surface area contributed by atoms with Gasteiger partial charge < -0.3 is 14.2 Å². The molecular formula is C27H25NO4S2. The fraction of sp³-hybridized carbons (Fsp3) is 0.185. The number of ether oxygens (including phenoxy) is 3. The average Bonchev–Trinajstić information content (AvgIpc) is 3.12. The van der Waals surface area contributed by atoms with Crippen molar-refractivity contribution in [1.29, 1.82) is 0 Å². The van der Waals surface area contributed by atoms with Gasteiger partial charge >= 0.3 is 0 Å². The summed E-state index contributed by atoms with van der Waals surface area (Å²) in [7, 11) is 1.60. The molecule has 0 radical (unpaired) electrons. The lowest BCUT2D eigenvalue weighted by Gasteiger charge is -2.18. The van der Waals surface area contributed by atoms with Crippen LogP contribution in [0.25, 0.3) is 6.08 Å². The Bertz CT molecular complexity index is 1240. The number of amides is 1. The Labute approximate surface area is 209 Å². The maximum absolute atomic E-state index is 13.3. The molecule has 0 atom stereocenters. The molecule has 0 saturated carbocycles. The van der Waals surface area contributed by atoms with Crippen LogP contribution in [0.3, 0.4) is 0 Å². The fourth-order valence-corrected chi connectivity index (χ4v) is 4.80. The summed E-state index contributed by atoms with van der Waals surface area (Å²) in [4.78, 5) is 15.5. The van der Waals surface area contributed by atoms with Crippen molar-refractivity contribution in [3.05, 3.63) is 88.3 Å². The molecule has 0 bridgehead atoms. The number of anilines is 1. The quantitative estimate of drug-likeness (QED) is 0.213. The van der Waals surface area contributed by atoms with E-state index in [-0.39, 0.29) is 5.91 Å². The predicted octanol–water partition coefficient (Wildman–Crippen LogP) is 6.18. The molecule has 174 valence electrons. The number of rotatable bonds is 8. The standard InChI is InChI=1S/C27H25NO4S2/c1-18-8-7-11-23(19(18)2)28-26(29)25(34-27(28)33)17-20-16-22(30-3)12-13-24(20)32-15-14-31-21-9-5-4-6-10-21/h4-13,16-17H,14-15H2,1-3H3. The summed E-state index contributed by atoms with van der Waals surface area (Å²) < 4.78 is 17.6. The molecule has 1 saturated heterocycles. The Kier molecular flexibility index (Phi) is 7.55. The van der Waals surface area contributed by atoms with Crippen LogP contribution in [0, 0.1) is 13.8 Å². The third kappa shape index (κ3) is 5.26. The lowest BCUT2D eigenvalue weighted by atomic mass is 10.1. The van der Waals surface area contributed by atoms with Crippen LogP contribution in [0.1, 0.15) is 16.7 Å². The van der Waals surface area contributed by atoms with Crippen molar-refractivity contribution in [2.45, 2.75) is 13.8 Å². The number of benzene rings is 3. The van der Waals surface area contributed by atoms with Crippen molar-refractivity contribution in [2.24, 2.45) is 0 Å². The molecule has 5 nitrogen and oxygen atoms in total. The van der Waals surface area contributed by atoms with E-state index in [0.717, 1.165) is 28.1 Å². The maximum Gasteiger partial charge on any atom is 0.270 e. The second-order valence-electron chi connectivity index (χ2n) is 7.65. The van der Waals surface area contributed by atoms with Crippen LogP contribution in [-0.4, -0.2) is 30.6 Å². The summed E-state index contributed by atoms with van der Waals surface area (Å²) in [6.07, 6.45) is 1.81. The maximum atomic E-state index is 13.3. The Morgan fingerprint density at radius 2 is 1.71 bits per heavy atom. The van der Waals surface area contributed by atoms with Crippen molar-refractivity contribution in [1.82, 2.24) is 0 Å². The molecule has 0 spiro atoms. The minimum atomic E-state index is -0.148. The first-order valence-corrected chi connectivity index (χ1v) is 12.0. The van der Waals surface area contributed by atoms with Crippen LogP contribution < -0.4 is 19.1 Å². The third-order valence-corrected chi connectivity index (χ3v) is 6.77. The van der Waals surface area contributed by atoms with Gasteiger partial charge in [-0.25, -0.2) is 0 Å². The van der Waals surface area contributed by atoms with E-state index >= 15 is 0 Å². The highest BCUT2D eigenvalue weighted by atomic mass is 32.2. The zero-order chi connectivity index (χ0) is 24.1. The molecule has 1 aliphatic heterocycles. The first kappa shape index (κ1) is 23.9. The molecule has 3 aromatic carbocycles. The minimum absolute atomic E-state index is 0.148. The van der Waals surface area contributed by atoms with Gasteiger partial charge in [0.1, 0.15) is 30.5 Å². The van der Waals surface area contributed by atoms with Gasteiger partial charge in [0.25, 0.3) is 5.91 Å². The van der Waals surface area contributed by atoms with Crippen molar-refractivity contribution in [3.63, 3.8) is 0 Å². The van der Waals surface area contributed by atoms with Gasteiger partial charge in [0.15, 0.2) is 4.32 Å². The van der Waals surface area contributed by atoms with Crippen LogP contribution >= 0.6 is 24.0 Å². The highest BCUT2D eigenvalue weighted by Gasteiger charge is 2.34. The molecule has 0 unspecified atom stereocenters. The zero-order valence-corrected chi connectivity index (χ0v) is 20.9. The summed E-state index contributed by atoms with van der Waals surface area (Å²) in [5.41, 5.74) is 3.69. The molecule has 7 heteroatoms. The third-order valence-electron chi connectivity index (χ3n) is 5.47. The molecular weight excluding hydrogens is 466 g/mol. The molecule has 0 N–H and O–H groups in total.